The van der Waals surface area contributed by atoms with Crippen LogP contribution >= 0.6 is 0 Å². The number of benzene rings is 1. The minimum absolute atomic E-state index is 0. The molecule has 14 heavy (non-hydrogen) atoms. The maximum absolute atomic E-state index is 10.6. The average molecular weight is 201 g/mol. The molecule has 6 nitrogen and oxygen atoms in total. The minimum Gasteiger partial charge on any atom is -0.545 e. The number of aromatic nitrogens is 3. The van der Waals surface area contributed by atoms with Crippen LogP contribution in [0.5, 0.6) is 0 Å². The van der Waals surface area contributed by atoms with Crippen LogP contribution in [0.1, 0.15) is 10.4 Å². The Morgan fingerprint density at radius 3 is 2.86 bits per heavy atom. The third-order valence-electron chi connectivity index (χ3n) is 1.67. The van der Waals surface area contributed by atoms with E-state index < -0.39 is 5.97 Å². The number of carboxylic acid groups (broad SMARTS) is 1. The van der Waals surface area contributed by atoms with Crippen LogP contribution < -0.4 is 34.7 Å². The zero-order chi connectivity index (χ0) is 9.42. The molecule has 0 saturated heterocycles. The largest absolute Gasteiger partial charge is 1.00 e. The molecule has 0 bridgehead atoms. The molecule has 1 N–H and O–H groups in total. The van der Waals surface area contributed by atoms with Crippen LogP contribution in [0.25, 0.3) is 11.0 Å². The summed E-state index contributed by atoms with van der Waals surface area (Å²) in [5, 5.41) is 26.5. The van der Waals surface area contributed by atoms with E-state index in [0.29, 0.717) is 10.4 Å². The fourth-order valence-corrected chi connectivity index (χ4v) is 1.12. The number of hydrogen-bond acceptors (Lipinski definition) is 5. The molecule has 0 aliphatic rings. The van der Waals surface area contributed by atoms with Crippen LogP contribution in [-0.2, 0) is 0 Å². The monoisotopic (exact) mass is 201 g/mol. The second kappa shape index (κ2) is 3.95. The van der Waals surface area contributed by atoms with Gasteiger partial charge >= 0.3 is 29.6 Å². The van der Waals surface area contributed by atoms with Crippen molar-refractivity contribution in [3.63, 3.8) is 0 Å². The molecular weight excluding hydrogens is 197 g/mol. The van der Waals surface area contributed by atoms with Gasteiger partial charge in [0, 0.05) is 5.56 Å². The quantitative estimate of drug-likeness (QED) is 0.375. The van der Waals surface area contributed by atoms with E-state index in [0.717, 1.165) is 0 Å². The van der Waals surface area contributed by atoms with Crippen LogP contribution in [0.15, 0.2) is 18.2 Å². The molecule has 0 radical (unpaired) electrons. The number of hydrogen-bond donors (Lipinski definition) is 1. The van der Waals surface area contributed by atoms with Crippen molar-refractivity contribution in [2.24, 2.45) is 0 Å². The maximum atomic E-state index is 10.6. The first-order valence-electron chi connectivity index (χ1n) is 3.45. The van der Waals surface area contributed by atoms with Crippen molar-refractivity contribution in [3.05, 3.63) is 23.8 Å². The molecule has 2 aromatic rings. The number of rotatable bonds is 1. The van der Waals surface area contributed by atoms with Crippen molar-refractivity contribution in [3.8, 4) is 0 Å². The molecule has 0 spiro atoms. The Balaban J connectivity index is 0.000000980. The maximum Gasteiger partial charge on any atom is 1.00 e. The van der Waals surface area contributed by atoms with Crippen molar-refractivity contribution < 1.29 is 44.7 Å². The van der Waals surface area contributed by atoms with Crippen LogP contribution in [0, 0.1) is 0 Å². The smallest absolute Gasteiger partial charge is 0.545 e. The van der Waals surface area contributed by atoms with Gasteiger partial charge in [-0.25, -0.2) is 0 Å². The second-order valence-corrected chi connectivity index (χ2v) is 2.44. The topological polar surface area (TPSA) is 91.1 Å². The fourth-order valence-electron chi connectivity index (χ4n) is 1.12. The molecule has 0 aliphatic heterocycles. The Hall–Kier alpha value is -1.11. The summed E-state index contributed by atoms with van der Waals surface area (Å²) in [6.07, 6.45) is 0. The van der Waals surface area contributed by atoms with Gasteiger partial charge in [0.2, 0.25) is 0 Å². The molecule has 2 rings (SSSR count). The number of para-hydroxylation sites is 1. The molecule has 66 valence electrons. The predicted molar refractivity (Wildman–Crippen MR) is 39.0 cm³/mol. The van der Waals surface area contributed by atoms with Gasteiger partial charge in [-0.3, -0.25) is 0 Å². The molecule has 0 aliphatic carbocycles. The van der Waals surface area contributed by atoms with E-state index in [1.165, 1.54) is 12.1 Å². The summed E-state index contributed by atoms with van der Waals surface area (Å²) < 4.78 is 0. The van der Waals surface area contributed by atoms with E-state index in [1.54, 1.807) is 6.07 Å². The van der Waals surface area contributed by atoms with E-state index in [-0.39, 0.29) is 40.6 Å². The van der Waals surface area contributed by atoms with Crippen LogP contribution in [0.4, 0.5) is 0 Å². The number of nitrogens with zero attached hydrogens (tertiary/aromatic N) is 3. The first kappa shape index (κ1) is 11.0. The Morgan fingerprint density at radius 1 is 1.50 bits per heavy atom. The molecule has 7 heteroatoms. The molecular formula is C7H4N3NaO3. The van der Waals surface area contributed by atoms with Crippen molar-refractivity contribution in [2.45, 2.75) is 0 Å². The Bertz CT molecular complexity index is 482. The van der Waals surface area contributed by atoms with Crippen molar-refractivity contribution in [1.29, 1.82) is 0 Å². The number of carbonyl (C=O) groups excluding carboxylic acids is 1. The Labute approximate surface area is 100 Å². The summed E-state index contributed by atoms with van der Waals surface area (Å²) in [5.41, 5.74) is 0.219. The Kier molecular flexibility index (Phi) is 3.10. The van der Waals surface area contributed by atoms with Gasteiger partial charge in [0.1, 0.15) is 11.0 Å². The minimum atomic E-state index is -1.37. The SMILES string of the molecule is O=C([O-])c1cccc2nnn(O)c12.[Na+]. The van der Waals surface area contributed by atoms with Crippen molar-refractivity contribution in [2.75, 3.05) is 0 Å². The van der Waals surface area contributed by atoms with Gasteiger partial charge in [-0.05, 0) is 11.3 Å². The summed E-state index contributed by atoms with van der Waals surface area (Å²) >= 11 is 0. The molecule has 1 aromatic carbocycles. The Morgan fingerprint density at radius 2 is 2.21 bits per heavy atom. The molecule has 0 atom stereocenters. The predicted octanol–water partition coefficient (Wildman–Crippen LogP) is -3.96. The summed E-state index contributed by atoms with van der Waals surface area (Å²) in [5.74, 6) is -1.37. The van der Waals surface area contributed by atoms with E-state index in [4.69, 9.17) is 5.21 Å². The zero-order valence-corrected chi connectivity index (χ0v) is 9.34. The van der Waals surface area contributed by atoms with E-state index in [9.17, 15) is 9.90 Å². The molecule has 0 amide bonds. The van der Waals surface area contributed by atoms with Crippen LogP contribution in [0.3, 0.4) is 0 Å². The number of carboxylic acids is 1. The summed E-state index contributed by atoms with van der Waals surface area (Å²) in [4.78, 5) is 11.0. The van der Waals surface area contributed by atoms with Crippen molar-refractivity contribution >= 4 is 17.0 Å². The van der Waals surface area contributed by atoms with E-state index >= 15 is 0 Å². The van der Waals surface area contributed by atoms with Gasteiger partial charge in [-0.2, -0.15) is 0 Å². The van der Waals surface area contributed by atoms with Crippen LogP contribution in [-0.4, -0.2) is 26.3 Å². The number of fused-ring (bicyclic) bond motifs is 1. The van der Waals surface area contributed by atoms with Gasteiger partial charge in [0.25, 0.3) is 0 Å². The van der Waals surface area contributed by atoms with Gasteiger partial charge in [0.05, 0.1) is 5.97 Å². The van der Waals surface area contributed by atoms with E-state index in [2.05, 4.69) is 10.3 Å². The molecule has 1 heterocycles. The summed E-state index contributed by atoms with van der Waals surface area (Å²) in [6, 6.07) is 4.36. The zero-order valence-electron chi connectivity index (χ0n) is 7.34. The molecule has 1 aromatic heterocycles. The number of aromatic carboxylic acids is 1. The summed E-state index contributed by atoms with van der Waals surface area (Å²) in [6.45, 7) is 0. The molecule has 0 fully saturated rings. The van der Waals surface area contributed by atoms with Crippen molar-refractivity contribution in [1.82, 2.24) is 15.2 Å². The molecule has 0 unspecified atom stereocenters. The van der Waals surface area contributed by atoms with Gasteiger partial charge in [-0.15, -0.1) is 5.10 Å². The van der Waals surface area contributed by atoms with E-state index in [1.807, 2.05) is 0 Å². The van der Waals surface area contributed by atoms with Gasteiger partial charge in [0.15, 0.2) is 0 Å². The third-order valence-corrected chi connectivity index (χ3v) is 1.67. The van der Waals surface area contributed by atoms with Gasteiger partial charge < -0.3 is 15.1 Å². The van der Waals surface area contributed by atoms with Gasteiger partial charge in [-0.1, -0.05) is 17.0 Å². The third kappa shape index (κ3) is 1.59. The number of carbonyl (C=O) groups is 1. The second-order valence-electron chi connectivity index (χ2n) is 2.44. The van der Waals surface area contributed by atoms with Crippen LogP contribution in [0.2, 0.25) is 0 Å². The first-order valence-corrected chi connectivity index (χ1v) is 3.45. The standard InChI is InChI=1S/C7H5N3O3.Na/c11-7(12)4-2-1-3-5-6(4)10(13)9-8-5;/h1-3,13H,(H,11,12);/q;+1/p-1. The average Bonchev–Trinajstić information content (AvgIpc) is 2.48. The fraction of sp³-hybridized carbons (Fsp3) is 0. The molecule has 0 saturated carbocycles. The normalized spacial score (nSPS) is 9.71. The summed E-state index contributed by atoms with van der Waals surface area (Å²) in [7, 11) is 0. The first-order chi connectivity index (χ1) is 6.20.